The van der Waals surface area contributed by atoms with Crippen LogP contribution in [-0.4, -0.2) is 36.3 Å². The second kappa shape index (κ2) is 4.67. The molecule has 0 aromatic heterocycles. The molecule has 0 fully saturated rings. The highest BCUT2D eigenvalue weighted by Crippen LogP contribution is 2.35. The topological polar surface area (TPSA) is 58.6 Å². The van der Waals surface area contributed by atoms with Gasteiger partial charge in [0.05, 0.1) is 24.4 Å². The number of ketones is 1. The van der Waals surface area contributed by atoms with Crippen LogP contribution in [0, 0.1) is 0 Å². The molecular formula is C15H16N2O3. The smallest absolute Gasteiger partial charge is 0.260 e. The van der Waals surface area contributed by atoms with E-state index in [0.29, 0.717) is 29.9 Å². The fourth-order valence-electron chi connectivity index (χ4n) is 2.73. The molecule has 20 heavy (non-hydrogen) atoms. The number of nitrogens with one attached hydrogen (secondary N) is 1. The average Bonchev–Trinajstić information content (AvgIpc) is 2.83. The first kappa shape index (κ1) is 12.7. The Morgan fingerprint density at radius 3 is 2.95 bits per heavy atom. The van der Waals surface area contributed by atoms with Crippen LogP contribution in [0.4, 0.5) is 5.69 Å². The minimum Gasteiger partial charge on any atom is -0.495 e. The minimum atomic E-state index is -0.0925. The van der Waals surface area contributed by atoms with Gasteiger partial charge in [0.2, 0.25) is 0 Å². The maximum atomic E-state index is 12.6. The number of para-hydroxylation sites is 1. The standard InChI is InChI=1S/C15H16N2O3/c1-9(18)10-6-11-7-16-14-12(15(19)17(11)8-10)4-3-5-13(14)20-2/h3-5,8,11,16H,6-7H2,1-2H3/t11-/m0/s1. The number of amides is 1. The van der Waals surface area contributed by atoms with Crippen LogP contribution in [0.1, 0.15) is 23.7 Å². The Morgan fingerprint density at radius 1 is 1.45 bits per heavy atom. The maximum absolute atomic E-state index is 12.6. The van der Waals surface area contributed by atoms with Gasteiger partial charge in [-0.1, -0.05) is 6.07 Å². The van der Waals surface area contributed by atoms with Crippen molar-refractivity contribution in [3.63, 3.8) is 0 Å². The highest BCUT2D eigenvalue weighted by Gasteiger charge is 2.35. The van der Waals surface area contributed by atoms with Crippen LogP contribution in [-0.2, 0) is 4.79 Å². The van der Waals surface area contributed by atoms with Crippen LogP contribution in [0.3, 0.4) is 0 Å². The second-order valence-corrected chi connectivity index (χ2v) is 5.04. The van der Waals surface area contributed by atoms with Gasteiger partial charge in [0.1, 0.15) is 5.75 Å². The first-order valence-corrected chi connectivity index (χ1v) is 6.57. The highest BCUT2D eigenvalue weighted by molar-refractivity contribution is 6.04. The van der Waals surface area contributed by atoms with E-state index in [0.717, 1.165) is 5.69 Å². The van der Waals surface area contributed by atoms with Crippen LogP contribution in [0.25, 0.3) is 0 Å². The minimum absolute atomic E-state index is 0.0153. The molecule has 2 aliphatic heterocycles. The fourth-order valence-corrected chi connectivity index (χ4v) is 2.73. The molecule has 1 aromatic rings. The molecule has 0 bridgehead atoms. The number of Topliss-reactive ketones (excluding diaryl/α,β-unsaturated/α-hetero) is 1. The Bertz CT molecular complexity index is 622. The number of carbonyl (C=O) groups excluding carboxylic acids is 2. The van der Waals surface area contributed by atoms with E-state index in [9.17, 15) is 9.59 Å². The normalized spacial score (nSPS) is 20.5. The number of ether oxygens (including phenoxy) is 1. The van der Waals surface area contributed by atoms with Crippen molar-refractivity contribution in [1.82, 2.24) is 4.90 Å². The van der Waals surface area contributed by atoms with E-state index in [-0.39, 0.29) is 17.7 Å². The summed E-state index contributed by atoms with van der Waals surface area (Å²) in [4.78, 5) is 25.8. The molecule has 104 valence electrons. The lowest BCUT2D eigenvalue weighted by molar-refractivity contribution is -0.113. The Kier molecular flexibility index (Phi) is 2.97. The van der Waals surface area contributed by atoms with Gasteiger partial charge in [0, 0.05) is 18.3 Å². The van der Waals surface area contributed by atoms with Gasteiger partial charge in [0.25, 0.3) is 5.91 Å². The van der Waals surface area contributed by atoms with E-state index >= 15 is 0 Å². The summed E-state index contributed by atoms with van der Waals surface area (Å²) in [5.74, 6) is 0.592. The van der Waals surface area contributed by atoms with Crippen molar-refractivity contribution in [2.24, 2.45) is 0 Å². The molecule has 1 aromatic carbocycles. The van der Waals surface area contributed by atoms with Gasteiger partial charge in [-0.15, -0.1) is 0 Å². The molecule has 1 N–H and O–H groups in total. The number of anilines is 1. The number of fused-ring (bicyclic) bond motifs is 2. The number of carbonyl (C=O) groups is 2. The van der Waals surface area contributed by atoms with Gasteiger partial charge in [-0.05, 0) is 25.5 Å². The molecule has 0 saturated heterocycles. The number of hydrogen-bond acceptors (Lipinski definition) is 4. The molecule has 3 rings (SSSR count). The van der Waals surface area contributed by atoms with Crippen molar-refractivity contribution in [1.29, 1.82) is 0 Å². The maximum Gasteiger partial charge on any atom is 0.260 e. The zero-order chi connectivity index (χ0) is 14.3. The van der Waals surface area contributed by atoms with Gasteiger partial charge >= 0.3 is 0 Å². The van der Waals surface area contributed by atoms with Crippen molar-refractivity contribution >= 4 is 17.4 Å². The van der Waals surface area contributed by atoms with Crippen molar-refractivity contribution in [2.45, 2.75) is 19.4 Å². The van der Waals surface area contributed by atoms with Gasteiger partial charge in [0.15, 0.2) is 5.78 Å². The summed E-state index contributed by atoms with van der Waals surface area (Å²) in [6.45, 7) is 2.14. The fraction of sp³-hybridized carbons (Fsp3) is 0.333. The summed E-state index contributed by atoms with van der Waals surface area (Å²) in [6, 6.07) is 5.38. The summed E-state index contributed by atoms with van der Waals surface area (Å²) in [7, 11) is 1.58. The molecule has 5 heteroatoms. The quantitative estimate of drug-likeness (QED) is 0.892. The summed E-state index contributed by atoms with van der Waals surface area (Å²) < 4.78 is 5.30. The molecule has 0 aliphatic carbocycles. The molecule has 0 unspecified atom stereocenters. The molecule has 1 amide bonds. The van der Waals surface area contributed by atoms with E-state index in [1.807, 2.05) is 6.07 Å². The van der Waals surface area contributed by atoms with Crippen LogP contribution < -0.4 is 10.1 Å². The molecule has 0 radical (unpaired) electrons. The molecule has 5 nitrogen and oxygen atoms in total. The van der Waals surface area contributed by atoms with Gasteiger partial charge < -0.3 is 15.0 Å². The van der Waals surface area contributed by atoms with Crippen LogP contribution in [0.2, 0.25) is 0 Å². The van der Waals surface area contributed by atoms with Crippen LogP contribution in [0.15, 0.2) is 30.0 Å². The van der Waals surface area contributed by atoms with Gasteiger partial charge in [-0.2, -0.15) is 0 Å². The SMILES string of the molecule is COc1cccc2c1NC[C@@H]1CC(C(C)=O)=CN1C2=O. The Labute approximate surface area is 117 Å². The van der Waals surface area contributed by atoms with E-state index in [4.69, 9.17) is 4.74 Å². The molecule has 0 saturated carbocycles. The van der Waals surface area contributed by atoms with Gasteiger partial charge in [-0.3, -0.25) is 9.59 Å². The summed E-state index contributed by atoms with van der Waals surface area (Å²) in [5, 5.41) is 3.27. The molecular weight excluding hydrogens is 256 g/mol. The largest absolute Gasteiger partial charge is 0.495 e. The first-order valence-electron chi connectivity index (χ1n) is 6.57. The van der Waals surface area contributed by atoms with Gasteiger partial charge in [-0.25, -0.2) is 0 Å². The third-order valence-corrected chi connectivity index (χ3v) is 3.82. The van der Waals surface area contributed by atoms with Crippen LogP contribution >= 0.6 is 0 Å². The summed E-state index contributed by atoms with van der Waals surface area (Å²) in [6.07, 6.45) is 2.29. The van der Waals surface area contributed by atoms with E-state index in [1.165, 1.54) is 6.92 Å². The predicted octanol–water partition coefficient (Wildman–Crippen LogP) is 1.81. The second-order valence-electron chi connectivity index (χ2n) is 5.04. The van der Waals surface area contributed by atoms with Crippen molar-refractivity contribution < 1.29 is 14.3 Å². The van der Waals surface area contributed by atoms with Crippen molar-refractivity contribution in [2.75, 3.05) is 19.0 Å². The number of methoxy groups -OCH3 is 1. The zero-order valence-corrected chi connectivity index (χ0v) is 11.5. The van der Waals surface area contributed by atoms with E-state index < -0.39 is 0 Å². The number of nitrogens with zero attached hydrogens (tertiary/aromatic N) is 1. The Hall–Kier alpha value is -2.30. The summed E-state index contributed by atoms with van der Waals surface area (Å²) in [5.41, 5.74) is 2.01. The molecule has 1 atom stereocenters. The zero-order valence-electron chi connectivity index (χ0n) is 11.5. The molecule has 2 heterocycles. The van der Waals surface area contributed by atoms with E-state index in [1.54, 1.807) is 30.3 Å². The van der Waals surface area contributed by atoms with Crippen LogP contribution in [0.5, 0.6) is 5.75 Å². The molecule has 2 aliphatic rings. The number of hydrogen-bond donors (Lipinski definition) is 1. The lowest BCUT2D eigenvalue weighted by Gasteiger charge is -2.20. The van der Waals surface area contributed by atoms with Crippen molar-refractivity contribution in [3.05, 3.63) is 35.5 Å². The lowest BCUT2D eigenvalue weighted by atomic mass is 10.1. The lowest BCUT2D eigenvalue weighted by Crippen LogP contribution is -2.34. The van der Waals surface area contributed by atoms with E-state index in [2.05, 4.69) is 5.32 Å². The van der Waals surface area contributed by atoms with Crippen molar-refractivity contribution in [3.8, 4) is 5.75 Å². The highest BCUT2D eigenvalue weighted by atomic mass is 16.5. The first-order chi connectivity index (χ1) is 9.61. The third-order valence-electron chi connectivity index (χ3n) is 3.82. The third kappa shape index (κ3) is 1.86. The predicted molar refractivity (Wildman–Crippen MR) is 74.8 cm³/mol. The summed E-state index contributed by atoms with van der Waals surface area (Å²) >= 11 is 0. The Morgan fingerprint density at radius 2 is 2.25 bits per heavy atom. The number of benzene rings is 1. The molecule has 0 spiro atoms. The average molecular weight is 272 g/mol. The Balaban J connectivity index is 2.03. The monoisotopic (exact) mass is 272 g/mol. The number of rotatable bonds is 2.